The number of hydrogen-bond acceptors (Lipinski definition) is 2. The Balaban J connectivity index is 1.61. The SMILES string of the molecule is S=C(Nc1ccn(Cc2ccc(Cl)cc2)n1)Nc1cc(Cl)ccc1Cl. The molecule has 0 bridgehead atoms. The van der Waals surface area contributed by atoms with Gasteiger partial charge in [-0.3, -0.25) is 4.68 Å². The van der Waals surface area contributed by atoms with Crippen molar-refractivity contribution in [3.8, 4) is 0 Å². The number of halogens is 3. The second-order valence-electron chi connectivity index (χ2n) is 5.23. The van der Waals surface area contributed by atoms with Crippen molar-refractivity contribution in [1.82, 2.24) is 9.78 Å². The molecule has 0 aliphatic rings. The Morgan fingerprint density at radius 3 is 2.44 bits per heavy atom. The minimum absolute atomic E-state index is 0.376. The van der Waals surface area contributed by atoms with Gasteiger partial charge in [-0.15, -0.1) is 0 Å². The van der Waals surface area contributed by atoms with Crippen LogP contribution < -0.4 is 10.6 Å². The summed E-state index contributed by atoms with van der Waals surface area (Å²) in [6, 6.07) is 14.6. The molecule has 0 atom stereocenters. The molecular formula is C17H13Cl3N4S. The highest BCUT2D eigenvalue weighted by atomic mass is 35.5. The van der Waals surface area contributed by atoms with Gasteiger partial charge >= 0.3 is 0 Å². The highest BCUT2D eigenvalue weighted by molar-refractivity contribution is 7.80. The van der Waals surface area contributed by atoms with Crippen LogP contribution in [0.4, 0.5) is 11.5 Å². The topological polar surface area (TPSA) is 41.9 Å². The smallest absolute Gasteiger partial charge is 0.176 e. The van der Waals surface area contributed by atoms with Gasteiger partial charge in [0.2, 0.25) is 0 Å². The molecule has 0 radical (unpaired) electrons. The van der Waals surface area contributed by atoms with E-state index in [0.717, 1.165) is 5.56 Å². The van der Waals surface area contributed by atoms with Crippen LogP contribution in [0.15, 0.2) is 54.7 Å². The molecule has 0 aliphatic heterocycles. The molecule has 0 aliphatic carbocycles. The van der Waals surface area contributed by atoms with Crippen LogP contribution in [-0.2, 0) is 6.54 Å². The molecule has 0 unspecified atom stereocenters. The lowest BCUT2D eigenvalue weighted by molar-refractivity contribution is 0.690. The first-order valence-corrected chi connectivity index (χ1v) is 8.85. The number of anilines is 2. The van der Waals surface area contributed by atoms with Crippen LogP contribution in [-0.4, -0.2) is 14.9 Å². The second-order valence-corrected chi connectivity index (χ2v) is 6.92. The third-order valence-electron chi connectivity index (χ3n) is 3.32. The summed E-state index contributed by atoms with van der Waals surface area (Å²) in [5.74, 6) is 0.629. The Morgan fingerprint density at radius 1 is 0.960 bits per heavy atom. The second kappa shape index (κ2) is 8.06. The van der Waals surface area contributed by atoms with Crippen molar-refractivity contribution in [3.63, 3.8) is 0 Å². The van der Waals surface area contributed by atoms with E-state index in [-0.39, 0.29) is 0 Å². The predicted molar refractivity (Wildman–Crippen MR) is 109 cm³/mol. The zero-order chi connectivity index (χ0) is 17.8. The van der Waals surface area contributed by atoms with Gasteiger partial charge in [-0.1, -0.05) is 46.9 Å². The van der Waals surface area contributed by atoms with Crippen LogP contribution in [0, 0.1) is 0 Å². The fraction of sp³-hybridized carbons (Fsp3) is 0.0588. The molecule has 0 amide bonds. The van der Waals surface area contributed by atoms with Gasteiger partial charge in [-0.05, 0) is 48.1 Å². The molecule has 3 aromatic rings. The molecule has 128 valence electrons. The lowest BCUT2D eigenvalue weighted by atomic mass is 10.2. The average Bonchev–Trinajstić information content (AvgIpc) is 3.00. The number of aromatic nitrogens is 2. The van der Waals surface area contributed by atoms with Crippen molar-refractivity contribution in [3.05, 3.63) is 75.4 Å². The summed E-state index contributed by atoms with van der Waals surface area (Å²) >= 11 is 23.3. The number of rotatable bonds is 4. The molecule has 8 heteroatoms. The van der Waals surface area contributed by atoms with E-state index in [0.29, 0.717) is 38.2 Å². The minimum atomic E-state index is 0.376. The predicted octanol–water partition coefficient (Wildman–Crippen LogP) is 5.70. The van der Waals surface area contributed by atoms with Gasteiger partial charge in [0.05, 0.1) is 17.3 Å². The van der Waals surface area contributed by atoms with Gasteiger partial charge in [-0.2, -0.15) is 5.10 Å². The van der Waals surface area contributed by atoms with Crippen LogP contribution in [0.3, 0.4) is 0 Å². The van der Waals surface area contributed by atoms with Crippen LogP contribution in [0.25, 0.3) is 0 Å². The molecule has 4 nitrogen and oxygen atoms in total. The monoisotopic (exact) mass is 410 g/mol. The van der Waals surface area contributed by atoms with Crippen molar-refractivity contribution in [2.24, 2.45) is 0 Å². The summed E-state index contributed by atoms with van der Waals surface area (Å²) < 4.78 is 1.81. The van der Waals surface area contributed by atoms with E-state index in [2.05, 4.69) is 15.7 Å². The Bertz CT molecular complexity index is 893. The standard InChI is InChI=1S/C17H13Cl3N4S/c18-12-3-1-11(2-4-12)10-24-8-7-16(23-24)22-17(25)21-15-9-13(19)5-6-14(15)20/h1-9H,10H2,(H2,21,22,23,25). The number of nitrogens with one attached hydrogen (secondary N) is 2. The van der Waals surface area contributed by atoms with Gasteiger partial charge < -0.3 is 10.6 Å². The molecule has 2 aromatic carbocycles. The lowest BCUT2D eigenvalue weighted by Crippen LogP contribution is -2.19. The number of nitrogens with zero attached hydrogens (tertiary/aromatic N) is 2. The first kappa shape index (κ1) is 18.0. The molecule has 0 spiro atoms. The van der Waals surface area contributed by atoms with Crippen molar-refractivity contribution in [1.29, 1.82) is 0 Å². The Morgan fingerprint density at radius 2 is 1.68 bits per heavy atom. The van der Waals surface area contributed by atoms with Crippen LogP contribution in [0.1, 0.15) is 5.56 Å². The van der Waals surface area contributed by atoms with E-state index in [9.17, 15) is 0 Å². The molecule has 1 heterocycles. The Kier molecular flexibility index (Phi) is 5.81. The number of thiocarbonyl (C=S) groups is 1. The van der Waals surface area contributed by atoms with Crippen LogP contribution >= 0.6 is 47.0 Å². The first-order chi connectivity index (χ1) is 12.0. The molecule has 0 saturated heterocycles. The quantitative estimate of drug-likeness (QED) is 0.540. The van der Waals surface area contributed by atoms with E-state index >= 15 is 0 Å². The normalized spacial score (nSPS) is 10.5. The lowest BCUT2D eigenvalue weighted by Gasteiger charge is -2.10. The fourth-order valence-corrected chi connectivity index (χ4v) is 2.83. The number of hydrogen-bond donors (Lipinski definition) is 2. The van der Waals surface area contributed by atoms with E-state index in [1.807, 2.05) is 36.5 Å². The van der Waals surface area contributed by atoms with E-state index in [1.165, 1.54) is 0 Å². The summed E-state index contributed by atoms with van der Waals surface area (Å²) in [5, 5.41) is 12.6. The van der Waals surface area contributed by atoms with Gasteiger partial charge in [0.15, 0.2) is 10.9 Å². The highest BCUT2D eigenvalue weighted by Gasteiger charge is 2.06. The summed E-state index contributed by atoms with van der Waals surface area (Å²) in [4.78, 5) is 0. The van der Waals surface area contributed by atoms with Crippen LogP contribution in [0.5, 0.6) is 0 Å². The first-order valence-electron chi connectivity index (χ1n) is 7.30. The summed E-state index contributed by atoms with van der Waals surface area (Å²) in [6.45, 7) is 0.638. The molecule has 1 aromatic heterocycles. The van der Waals surface area contributed by atoms with Crippen molar-refractivity contribution < 1.29 is 0 Å². The minimum Gasteiger partial charge on any atom is -0.331 e. The van der Waals surface area contributed by atoms with E-state index in [4.69, 9.17) is 47.0 Å². The van der Waals surface area contributed by atoms with Crippen LogP contribution in [0.2, 0.25) is 15.1 Å². The van der Waals surface area contributed by atoms with Crippen molar-refractivity contribution in [2.45, 2.75) is 6.54 Å². The molecule has 0 fully saturated rings. The van der Waals surface area contributed by atoms with E-state index < -0.39 is 0 Å². The molecular weight excluding hydrogens is 399 g/mol. The Labute approximate surface area is 165 Å². The third-order valence-corrected chi connectivity index (χ3v) is 4.34. The highest BCUT2D eigenvalue weighted by Crippen LogP contribution is 2.25. The molecule has 25 heavy (non-hydrogen) atoms. The van der Waals surface area contributed by atoms with Crippen molar-refractivity contribution in [2.75, 3.05) is 10.6 Å². The molecule has 3 rings (SSSR count). The average molecular weight is 412 g/mol. The van der Waals surface area contributed by atoms with Gasteiger partial charge in [-0.25, -0.2) is 0 Å². The fourth-order valence-electron chi connectivity index (χ4n) is 2.16. The molecule has 0 saturated carbocycles. The summed E-state index contributed by atoms with van der Waals surface area (Å²) in [5.41, 5.74) is 1.73. The maximum absolute atomic E-state index is 6.11. The zero-order valence-electron chi connectivity index (χ0n) is 12.8. The maximum Gasteiger partial charge on any atom is 0.176 e. The van der Waals surface area contributed by atoms with Crippen molar-refractivity contribution >= 4 is 63.6 Å². The van der Waals surface area contributed by atoms with Gasteiger partial charge in [0.25, 0.3) is 0 Å². The van der Waals surface area contributed by atoms with Gasteiger partial charge in [0, 0.05) is 22.3 Å². The maximum atomic E-state index is 6.11. The number of benzene rings is 2. The molecule has 2 N–H and O–H groups in total. The van der Waals surface area contributed by atoms with E-state index in [1.54, 1.807) is 22.9 Å². The largest absolute Gasteiger partial charge is 0.331 e. The van der Waals surface area contributed by atoms with Gasteiger partial charge in [0.1, 0.15) is 0 Å². The Hall–Kier alpha value is -1.79. The summed E-state index contributed by atoms with van der Waals surface area (Å²) in [7, 11) is 0. The zero-order valence-corrected chi connectivity index (χ0v) is 15.9. The summed E-state index contributed by atoms with van der Waals surface area (Å²) in [6.07, 6.45) is 1.87. The third kappa shape index (κ3) is 5.09.